The molecule has 0 bridgehead atoms. The van der Waals surface area contributed by atoms with Crippen LogP contribution in [0.15, 0.2) is 6.20 Å². The molecular formula is C9H14ClN5O2S. The normalized spacial score (nSPS) is 23.4. The van der Waals surface area contributed by atoms with Gasteiger partial charge in [-0.05, 0) is 14.1 Å². The molecule has 2 rings (SSSR count). The molecule has 1 aromatic heterocycles. The summed E-state index contributed by atoms with van der Waals surface area (Å²) in [5.74, 6) is 0. The van der Waals surface area contributed by atoms with E-state index in [4.69, 9.17) is 11.6 Å². The first kappa shape index (κ1) is 13.6. The van der Waals surface area contributed by atoms with Gasteiger partial charge in [0.2, 0.25) is 0 Å². The summed E-state index contributed by atoms with van der Waals surface area (Å²) in [4.78, 5) is 21.3. The maximum atomic E-state index is 11.1. The number of hydrogen-bond acceptors (Lipinski definition) is 7. The zero-order chi connectivity index (χ0) is 13.3. The van der Waals surface area contributed by atoms with Crippen LogP contribution >= 0.6 is 22.9 Å². The molecule has 0 amide bonds. The summed E-state index contributed by atoms with van der Waals surface area (Å²) in [5, 5.41) is 11.1. The van der Waals surface area contributed by atoms with E-state index in [0.717, 1.165) is 4.88 Å². The first-order valence-electron chi connectivity index (χ1n) is 5.34. The monoisotopic (exact) mass is 291 g/mol. The Morgan fingerprint density at radius 3 is 2.89 bits per heavy atom. The second-order valence-electron chi connectivity index (χ2n) is 4.35. The first-order valence-corrected chi connectivity index (χ1v) is 6.53. The van der Waals surface area contributed by atoms with Crippen molar-refractivity contribution < 1.29 is 4.92 Å². The number of hydrogen-bond donors (Lipinski definition) is 0. The van der Waals surface area contributed by atoms with Gasteiger partial charge in [0.15, 0.2) is 4.47 Å². The van der Waals surface area contributed by atoms with E-state index in [-0.39, 0.29) is 4.92 Å². The van der Waals surface area contributed by atoms with Crippen LogP contribution in [0.4, 0.5) is 0 Å². The van der Waals surface area contributed by atoms with Crippen molar-refractivity contribution in [3.8, 4) is 0 Å². The largest absolute Gasteiger partial charge is 0.330 e. The summed E-state index contributed by atoms with van der Waals surface area (Å²) >= 11 is 7.12. The molecule has 0 aromatic carbocycles. The molecule has 18 heavy (non-hydrogen) atoms. The number of rotatable bonds is 3. The highest BCUT2D eigenvalue weighted by Gasteiger charge is 2.38. The highest BCUT2D eigenvalue weighted by molar-refractivity contribution is 7.15. The fourth-order valence-corrected chi connectivity index (χ4v) is 3.15. The molecule has 1 aliphatic rings. The van der Waals surface area contributed by atoms with Gasteiger partial charge in [0.1, 0.15) is 0 Å². The van der Waals surface area contributed by atoms with Crippen molar-refractivity contribution in [3.05, 3.63) is 25.7 Å². The molecule has 0 aliphatic carbocycles. The average molecular weight is 292 g/mol. The Kier molecular flexibility index (Phi) is 4.13. The van der Waals surface area contributed by atoms with Crippen molar-refractivity contribution in [3.63, 3.8) is 0 Å². The predicted molar refractivity (Wildman–Crippen MR) is 68.7 cm³/mol. The fourth-order valence-electron chi connectivity index (χ4n) is 2.14. The van der Waals surface area contributed by atoms with Gasteiger partial charge in [-0.1, -0.05) is 11.6 Å². The summed E-state index contributed by atoms with van der Waals surface area (Å²) in [7, 11) is 3.68. The lowest BCUT2D eigenvalue weighted by Gasteiger charge is -2.40. The molecule has 9 heteroatoms. The Labute approximate surface area is 114 Å². The van der Waals surface area contributed by atoms with Crippen molar-refractivity contribution in [2.24, 2.45) is 0 Å². The van der Waals surface area contributed by atoms with Crippen LogP contribution in [0.5, 0.6) is 0 Å². The van der Waals surface area contributed by atoms with E-state index in [1.807, 2.05) is 11.9 Å². The number of aromatic nitrogens is 1. The van der Waals surface area contributed by atoms with E-state index < -0.39 is 6.29 Å². The highest BCUT2D eigenvalue weighted by atomic mass is 35.5. The van der Waals surface area contributed by atoms with Crippen LogP contribution in [0.2, 0.25) is 4.47 Å². The van der Waals surface area contributed by atoms with E-state index in [1.165, 1.54) is 11.3 Å². The minimum atomic E-state index is -0.804. The van der Waals surface area contributed by atoms with Crippen LogP contribution in [0, 0.1) is 10.1 Å². The van der Waals surface area contributed by atoms with Gasteiger partial charge in [-0.2, -0.15) is 0 Å². The van der Waals surface area contributed by atoms with Crippen LogP contribution in [0.3, 0.4) is 0 Å². The smallest absolute Gasteiger partial charge is 0.280 e. The van der Waals surface area contributed by atoms with Crippen LogP contribution < -0.4 is 0 Å². The van der Waals surface area contributed by atoms with Crippen molar-refractivity contribution in [2.75, 3.05) is 27.4 Å². The molecule has 1 atom stereocenters. The lowest BCUT2D eigenvalue weighted by molar-refractivity contribution is -0.587. The molecule has 0 N–H and O–H groups in total. The van der Waals surface area contributed by atoms with Gasteiger partial charge in [-0.15, -0.1) is 11.3 Å². The minimum absolute atomic E-state index is 0.268. The summed E-state index contributed by atoms with van der Waals surface area (Å²) in [5.41, 5.74) is 0. The topological polar surface area (TPSA) is 65.8 Å². The van der Waals surface area contributed by atoms with E-state index in [9.17, 15) is 10.1 Å². The van der Waals surface area contributed by atoms with Crippen molar-refractivity contribution >= 4 is 22.9 Å². The molecule has 0 spiro atoms. The van der Waals surface area contributed by atoms with Crippen LogP contribution in [-0.2, 0) is 6.54 Å². The standard InChI is InChI=1S/C9H14ClN5O2S/c1-12-5-13(2)9(15(16)17)14(6-12)4-7-3-11-8(10)18-7/h3,9H,4-6H2,1-2H3. The van der Waals surface area contributed by atoms with E-state index in [2.05, 4.69) is 4.98 Å². The summed E-state index contributed by atoms with van der Waals surface area (Å²) < 4.78 is 0.460. The maximum absolute atomic E-state index is 11.1. The Morgan fingerprint density at radius 2 is 2.33 bits per heavy atom. The number of nitro groups is 1. The zero-order valence-corrected chi connectivity index (χ0v) is 11.7. The van der Waals surface area contributed by atoms with E-state index in [0.29, 0.717) is 24.3 Å². The third-order valence-corrected chi connectivity index (χ3v) is 3.78. The summed E-state index contributed by atoms with van der Waals surface area (Å²) in [6.07, 6.45) is 0.862. The third kappa shape index (κ3) is 2.96. The molecule has 1 aliphatic heterocycles. The Hall–Kier alpha value is -0.800. The molecule has 1 saturated heterocycles. The van der Waals surface area contributed by atoms with Gasteiger partial charge in [0.25, 0.3) is 0 Å². The Morgan fingerprint density at radius 1 is 1.61 bits per heavy atom. The van der Waals surface area contributed by atoms with Crippen LogP contribution in [-0.4, -0.2) is 58.3 Å². The fraction of sp³-hybridized carbons (Fsp3) is 0.667. The molecule has 1 aromatic rings. The predicted octanol–water partition coefficient (Wildman–Crippen LogP) is 0.951. The second-order valence-corrected chi connectivity index (χ2v) is 6.05. The number of thiazole rings is 1. The minimum Gasteiger partial charge on any atom is -0.280 e. The molecule has 100 valence electrons. The SMILES string of the molecule is CN1CN(C)C([N+](=O)[O-])N(Cc2cnc(Cl)s2)C1. The van der Waals surface area contributed by atoms with Gasteiger partial charge in [0.05, 0.1) is 18.3 Å². The van der Waals surface area contributed by atoms with E-state index >= 15 is 0 Å². The molecule has 0 radical (unpaired) electrons. The van der Waals surface area contributed by atoms with E-state index in [1.54, 1.807) is 23.0 Å². The number of halogens is 1. The van der Waals surface area contributed by atoms with Gasteiger partial charge in [0, 0.05) is 17.6 Å². The first-order chi connectivity index (χ1) is 8.47. The van der Waals surface area contributed by atoms with Gasteiger partial charge in [-0.3, -0.25) is 15.0 Å². The molecule has 1 unspecified atom stereocenters. The Bertz CT molecular complexity index is 442. The van der Waals surface area contributed by atoms with Gasteiger partial charge < -0.3 is 0 Å². The maximum Gasteiger partial charge on any atom is 0.330 e. The van der Waals surface area contributed by atoms with Gasteiger partial charge in [-0.25, -0.2) is 14.8 Å². The summed E-state index contributed by atoms with van der Waals surface area (Å²) in [6, 6.07) is 0. The Balaban J connectivity index is 2.14. The van der Waals surface area contributed by atoms with Gasteiger partial charge >= 0.3 is 6.29 Å². The lowest BCUT2D eigenvalue weighted by Crippen LogP contribution is -2.61. The lowest BCUT2D eigenvalue weighted by atomic mass is 10.4. The highest BCUT2D eigenvalue weighted by Crippen LogP contribution is 2.22. The molecule has 7 nitrogen and oxygen atoms in total. The summed E-state index contributed by atoms with van der Waals surface area (Å²) in [6.45, 7) is 1.60. The second kappa shape index (κ2) is 5.45. The zero-order valence-electron chi connectivity index (χ0n) is 10.1. The van der Waals surface area contributed by atoms with Crippen molar-refractivity contribution in [2.45, 2.75) is 12.8 Å². The molecule has 2 heterocycles. The third-order valence-electron chi connectivity index (χ3n) is 2.68. The number of nitrogens with zero attached hydrogens (tertiary/aromatic N) is 5. The molecule has 0 saturated carbocycles. The average Bonchev–Trinajstić information content (AvgIpc) is 2.62. The molecular weight excluding hydrogens is 278 g/mol. The molecule has 1 fully saturated rings. The van der Waals surface area contributed by atoms with Crippen molar-refractivity contribution in [1.82, 2.24) is 19.7 Å². The quantitative estimate of drug-likeness (QED) is 0.610. The van der Waals surface area contributed by atoms with Crippen LogP contribution in [0.1, 0.15) is 4.88 Å². The van der Waals surface area contributed by atoms with Crippen LogP contribution in [0.25, 0.3) is 0 Å². The van der Waals surface area contributed by atoms with Crippen molar-refractivity contribution in [1.29, 1.82) is 0 Å².